The summed E-state index contributed by atoms with van der Waals surface area (Å²) in [5, 5.41) is 3.57. The highest BCUT2D eigenvalue weighted by Gasteiger charge is 2.31. The highest BCUT2D eigenvalue weighted by Crippen LogP contribution is 2.40. The molecule has 1 aliphatic rings. The molecule has 2 unspecified atom stereocenters. The van der Waals surface area contributed by atoms with E-state index in [-0.39, 0.29) is 0 Å². The highest BCUT2D eigenvalue weighted by molar-refractivity contribution is 5.32. The van der Waals surface area contributed by atoms with Crippen LogP contribution in [0.4, 0.5) is 0 Å². The Bertz CT molecular complexity index is 505. The van der Waals surface area contributed by atoms with Gasteiger partial charge in [0, 0.05) is 29.4 Å². The van der Waals surface area contributed by atoms with E-state index < -0.39 is 0 Å². The molecule has 1 N–H and O–H groups in total. The van der Waals surface area contributed by atoms with Gasteiger partial charge in [0.1, 0.15) is 0 Å². The number of pyridine rings is 1. The van der Waals surface area contributed by atoms with E-state index in [4.69, 9.17) is 4.42 Å². The molecule has 0 amide bonds. The summed E-state index contributed by atoms with van der Waals surface area (Å²) in [6.07, 6.45) is 7.78. The Balaban J connectivity index is 1.93. The topological polar surface area (TPSA) is 38.1 Å². The Labute approximate surface area is 107 Å². The molecular weight excluding hydrogens is 224 g/mol. The molecule has 2 heterocycles. The number of nitrogens with zero attached hydrogens (tertiary/aromatic N) is 1. The molecule has 0 spiro atoms. The van der Waals surface area contributed by atoms with E-state index in [1.54, 1.807) is 6.26 Å². The van der Waals surface area contributed by atoms with E-state index in [0.717, 1.165) is 19.4 Å². The summed E-state index contributed by atoms with van der Waals surface area (Å²) in [5.74, 6) is 0.457. The van der Waals surface area contributed by atoms with Crippen LogP contribution in [-0.4, -0.2) is 11.5 Å². The summed E-state index contributed by atoms with van der Waals surface area (Å²) in [5.41, 5.74) is 3.87. The summed E-state index contributed by atoms with van der Waals surface area (Å²) in [6.45, 7) is 3.09. The van der Waals surface area contributed by atoms with Gasteiger partial charge in [0.05, 0.1) is 12.5 Å². The molecule has 3 nitrogen and oxygen atoms in total. The SMILES string of the molecule is CCNC(c1ccoc1)C1CCc2cccnc21. The molecule has 3 rings (SSSR count). The zero-order valence-corrected chi connectivity index (χ0v) is 10.6. The summed E-state index contributed by atoms with van der Waals surface area (Å²) in [7, 11) is 0. The first-order chi connectivity index (χ1) is 8.90. The van der Waals surface area contributed by atoms with Gasteiger partial charge in [-0.2, -0.15) is 0 Å². The van der Waals surface area contributed by atoms with Gasteiger partial charge < -0.3 is 9.73 Å². The predicted molar refractivity (Wildman–Crippen MR) is 70.4 cm³/mol. The third-order valence-electron chi connectivity index (χ3n) is 3.73. The first kappa shape index (κ1) is 11.5. The van der Waals surface area contributed by atoms with Crippen LogP contribution in [0.2, 0.25) is 0 Å². The minimum Gasteiger partial charge on any atom is -0.472 e. The zero-order valence-electron chi connectivity index (χ0n) is 10.6. The lowest BCUT2D eigenvalue weighted by Crippen LogP contribution is -2.26. The lowest BCUT2D eigenvalue weighted by Gasteiger charge is -2.23. The van der Waals surface area contributed by atoms with Gasteiger partial charge in [-0.15, -0.1) is 0 Å². The van der Waals surface area contributed by atoms with E-state index in [0.29, 0.717) is 12.0 Å². The summed E-state index contributed by atoms with van der Waals surface area (Å²) in [6, 6.07) is 6.58. The van der Waals surface area contributed by atoms with Crippen molar-refractivity contribution in [3.8, 4) is 0 Å². The molecule has 0 saturated heterocycles. The standard InChI is InChI=1S/C15H18N2O/c1-2-16-15(12-7-9-18-10-12)13-6-5-11-4-3-8-17-14(11)13/h3-4,7-10,13,15-16H,2,5-6H2,1H3. The second-order valence-electron chi connectivity index (χ2n) is 4.78. The van der Waals surface area contributed by atoms with Crippen molar-refractivity contribution in [1.82, 2.24) is 10.3 Å². The van der Waals surface area contributed by atoms with Crippen LogP contribution in [0.5, 0.6) is 0 Å². The van der Waals surface area contributed by atoms with Gasteiger partial charge in [-0.3, -0.25) is 4.98 Å². The van der Waals surface area contributed by atoms with Gasteiger partial charge in [-0.25, -0.2) is 0 Å². The second kappa shape index (κ2) is 4.94. The Morgan fingerprint density at radius 2 is 2.44 bits per heavy atom. The van der Waals surface area contributed by atoms with Crippen molar-refractivity contribution < 1.29 is 4.42 Å². The Hall–Kier alpha value is -1.61. The number of rotatable bonds is 4. The number of fused-ring (bicyclic) bond motifs is 1. The van der Waals surface area contributed by atoms with Crippen molar-refractivity contribution in [2.75, 3.05) is 6.54 Å². The average Bonchev–Trinajstić information content (AvgIpc) is 3.06. The predicted octanol–water partition coefficient (Wildman–Crippen LogP) is 3.06. The number of aryl methyl sites for hydroxylation is 1. The van der Waals surface area contributed by atoms with Crippen LogP contribution < -0.4 is 5.32 Å². The molecule has 1 aliphatic carbocycles. The van der Waals surface area contributed by atoms with Gasteiger partial charge in [0.25, 0.3) is 0 Å². The molecule has 0 aliphatic heterocycles. The first-order valence-electron chi connectivity index (χ1n) is 6.59. The van der Waals surface area contributed by atoms with Crippen LogP contribution in [-0.2, 0) is 6.42 Å². The summed E-state index contributed by atoms with van der Waals surface area (Å²) >= 11 is 0. The largest absolute Gasteiger partial charge is 0.472 e. The molecule has 2 aromatic heterocycles. The molecule has 3 heteroatoms. The van der Waals surface area contributed by atoms with Crippen LogP contribution >= 0.6 is 0 Å². The number of furan rings is 1. The van der Waals surface area contributed by atoms with Gasteiger partial charge in [-0.1, -0.05) is 13.0 Å². The number of nitrogens with one attached hydrogen (secondary N) is 1. The molecule has 2 atom stereocenters. The van der Waals surface area contributed by atoms with Crippen LogP contribution in [0.1, 0.15) is 42.1 Å². The first-order valence-corrected chi connectivity index (χ1v) is 6.59. The van der Waals surface area contributed by atoms with E-state index in [1.807, 2.05) is 24.6 Å². The van der Waals surface area contributed by atoms with Crippen molar-refractivity contribution in [3.05, 3.63) is 53.7 Å². The Kier molecular flexibility index (Phi) is 3.15. The van der Waals surface area contributed by atoms with Gasteiger partial charge in [-0.05, 0) is 37.1 Å². The quantitative estimate of drug-likeness (QED) is 0.895. The Morgan fingerprint density at radius 1 is 1.50 bits per heavy atom. The highest BCUT2D eigenvalue weighted by atomic mass is 16.3. The number of aromatic nitrogens is 1. The van der Waals surface area contributed by atoms with E-state index in [9.17, 15) is 0 Å². The molecule has 94 valence electrons. The maximum Gasteiger partial charge on any atom is 0.0950 e. The van der Waals surface area contributed by atoms with E-state index >= 15 is 0 Å². The normalized spacial score (nSPS) is 19.7. The van der Waals surface area contributed by atoms with Crippen LogP contribution in [0, 0.1) is 0 Å². The summed E-state index contributed by atoms with van der Waals surface area (Å²) in [4.78, 5) is 4.58. The molecule has 0 aromatic carbocycles. The monoisotopic (exact) mass is 242 g/mol. The van der Waals surface area contributed by atoms with Crippen molar-refractivity contribution in [3.63, 3.8) is 0 Å². The molecule has 18 heavy (non-hydrogen) atoms. The number of likely N-dealkylation sites (N-methyl/N-ethyl adjacent to an activating group) is 1. The number of hydrogen-bond acceptors (Lipinski definition) is 3. The average molecular weight is 242 g/mol. The number of hydrogen-bond donors (Lipinski definition) is 1. The van der Waals surface area contributed by atoms with Gasteiger partial charge in [0.15, 0.2) is 0 Å². The molecule has 0 saturated carbocycles. The van der Waals surface area contributed by atoms with Gasteiger partial charge >= 0.3 is 0 Å². The molecule has 0 fully saturated rings. The molecule has 0 bridgehead atoms. The van der Waals surface area contributed by atoms with Crippen molar-refractivity contribution in [2.45, 2.75) is 31.7 Å². The van der Waals surface area contributed by atoms with Crippen molar-refractivity contribution in [2.24, 2.45) is 0 Å². The lowest BCUT2D eigenvalue weighted by atomic mass is 9.92. The maximum atomic E-state index is 5.23. The van der Waals surface area contributed by atoms with Gasteiger partial charge in [0.2, 0.25) is 0 Å². The third-order valence-corrected chi connectivity index (χ3v) is 3.73. The van der Waals surface area contributed by atoms with E-state index in [1.165, 1.54) is 16.8 Å². The minimum atomic E-state index is 0.310. The van der Waals surface area contributed by atoms with Crippen molar-refractivity contribution in [1.29, 1.82) is 0 Å². The third kappa shape index (κ3) is 1.95. The van der Waals surface area contributed by atoms with E-state index in [2.05, 4.69) is 23.3 Å². The Morgan fingerprint density at radius 3 is 3.22 bits per heavy atom. The molecular formula is C15H18N2O. The summed E-state index contributed by atoms with van der Waals surface area (Å²) < 4.78 is 5.23. The fourth-order valence-electron chi connectivity index (χ4n) is 2.93. The van der Waals surface area contributed by atoms with Crippen LogP contribution in [0.15, 0.2) is 41.3 Å². The molecule has 2 aromatic rings. The fraction of sp³-hybridized carbons (Fsp3) is 0.400. The van der Waals surface area contributed by atoms with Crippen LogP contribution in [0.25, 0.3) is 0 Å². The lowest BCUT2D eigenvalue weighted by molar-refractivity contribution is 0.441. The van der Waals surface area contributed by atoms with Crippen molar-refractivity contribution >= 4 is 0 Å². The minimum absolute atomic E-state index is 0.310. The fourth-order valence-corrected chi connectivity index (χ4v) is 2.93. The molecule has 0 radical (unpaired) electrons. The maximum absolute atomic E-state index is 5.23. The second-order valence-corrected chi connectivity index (χ2v) is 4.78. The zero-order chi connectivity index (χ0) is 12.4. The smallest absolute Gasteiger partial charge is 0.0950 e. The van der Waals surface area contributed by atoms with Crippen LogP contribution in [0.3, 0.4) is 0 Å².